The molecule has 4 rings (SSSR count). The minimum Gasteiger partial charge on any atom is -0.210 e. The summed E-state index contributed by atoms with van der Waals surface area (Å²) in [6.45, 7) is 4.42. The third-order valence-corrected chi connectivity index (χ3v) is 5.79. The van der Waals surface area contributed by atoms with Crippen LogP contribution in [-0.2, 0) is 37.1 Å². The SMILES string of the molecule is CCC1=C(CC)C[C-]=C1.Cl.Cl.[CH3-].[Zr]=[CH]c1ccccc1.c1cc2c([cH-]1)CCCC2. The molecule has 0 saturated carbocycles. The molecule has 3 heteroatoms. The van der Waals surface area contributed by atoms with E-state index in [4.69, 9.17) is 0 Å². The van der Waals surface area contributed by atoms with Crippen LogP contribution in [0.1, 0.15) is 62.6 Å². The minimum absolute atomic E-state index is 0. The van der Waals surface area contributed by atoms with E-state index in [1.165, 1.54) is 73.9 Å². The number of hydrogen-bond donors (Lipinski definition) is 0. The summed E-state index contributed by atoms with van der Waals surface area (Å²) in [6.07, 6.45) is 14.3. The number of rotatable bonds is 3. The minimum atomic E-state index is 0. The van der Waals surface area contributed by atoms with Gasteiger partial charge >= 0.3 is 63.8 Å². The van der Waals surface area contributed by atoms with Crippen LogP contribution in [0.2, 0.25) is 0 Å². The third-order valence-electron chi connectivity index (χ3n) is 4.97. The van der Waals surface area contributed by atoms with Gasteiger partial charge in [-0.3, -0.25) is 6.08 Å². The average molecular weight is 510 g/mol. The van der Waals surface area contributed by atoms with E-state index in [1.54, 1.807) is 16.7 Å². The van der Waals surface area contributed by atoms with E-state index >= 15 is 0 Å². The van der Waals surface area contributed by atoms with Crippen LogP contribution < -0.4 is 0 Å². The van der Waals surface area contributed by atoms with Gasteiger partial charge in [0, 0.05) is 0 Å². The van der Waals surface area contributed by atoms with Gasteiger partial charge in [-0.1, -0.05) is 52.4 Å². The number of allylic oxidation sites excluding steroid dienone is 4. The van der Waals surface area contributed by atoms with Gasteiger partial charge in [-0.25, -0.2) is 12.1 Å². The summed E-state index contributed by atoms with van der Waals surface area (Å²) in [5, 5.41) is 0. The van der Waals surface area contributed by atoms with E-state index < -0.39 is 0 Å². The van der Waals surface area contributed by atoms with Crippen LogP contribution in [-0.4, -0.2) is 3.71 Å². The summed E-state index contributed by atoms with van der Waals surface area (Å²) in [5.74, 6) is 0. The van der Waals surface area contributed by atoms with Crippen LogP contribution >= 0.6 is 24.8 Å². The van der Waals surface area contributed by atoms with Crippen molar-refractivity contribution in [3.63, 3.8) is 0 Å². The Morgan fingerprint density at radius 1 is 1.00 bits per heavy atom. The molecule has 2 aliphatic rings. The summed E-state index contributed by atoms with van der Waals surface area (Å²) < 4.78 is 2.17. The molecular formula is C26H35Cl2Zr-3. The molecule has 0 bridgehead atoms. The van der Waals surface area contributed by atoms with Gasteiger partial charge in [-0.05, 0) is 0 Å². The van der Waals surface area contributed by atoms with E-state index in [0.717, 1.165) is 6.42 Å². The molecule has 2 aliphatic carbocycles. The van der Waals surface area contributed by atoms with Gasteiger partial charge in [-0.15, -0.1) is 31.2 Å². The molecule has 0 amide bonds. The van der Waals surface area contributed by atoms with Gasteiger partial charge in [0.2, 0.25) is 0 Å². The number of fused-ring (bicyclic) bond motifs is 1. The fraction of sp³-hybridized carbons (Fsp3) is 0.346. The fourth-order valence-corrected chi connectivity index (χ4v) is 3.85. The maximum atomic E-state index is 3.23. The first-order valence-electron chi connectivity index (χ1n) is 9.84. The van der Waals surface area contributed by atoms with E-state index in [0.29, 0.717) is 0 Å². The molecule has 0 heterocycles. The largest absolute Gasteiger partial charge is 0.210 e. The van der Waals surface area contributed by atoms with Crippen molar-refractivity contribution in [2.45, 2.75) is 58.8 Å². The molecule has 0 spiro atoms. The van der Waals surface area contributed by atoms with Crippen LogP contribution in [0.15, 0.2) is 65.8 Å². The van der Waals surface area contributed by atoms with E-state index in [1.807, 2.05) is 6.07 Å². The molecule has 2 aromatic rings. The molecule has 0 nitrogen and oxygen atoms in total. The first kappa shape index (κ1) is 30.6. The van der Waals surface area contributed by atoms with Gasteiger partial charge in [-0.2, -0.15) is 34.4 Å². The van der Waals surface area contributed by atoms with Crippen LogP contribution in [0.5, 0.6) is 0 Å². The monoisotopic (exact) mass is 507 g/mol. The first-order valence-corrected chi connectivity index (χ1v) is 11.3. The summed E-state index contributed by atoms with van der Waals surface area (Å²) in [5.41, 5.74) is 7.61. The van der Waals surface area contributed by atoms with Crippen molar-refractivity contribution < 1.29 is 24.2 Å². The van der Waals surface area contributed by atoms with Crippen LogP contribution in [0, 0.1) is 13.5 Å². The Bertz CT molecular complexity index is 706. The van der Waals surface area contributed by atoms with Gasteiger partial charge < -0.3 is 7.43 Å². The quantitative estimate of drug-likeness (QED) is 0.370. The molecule has 2 aromatic carbocycles. The van der Waals surface area contributed by atoms with Gasteiger partial charge in [0.15, 0.2) is 0 Å². The first-order chi connectivity index (χ1) is 12.8. The Kier molecular flexibility index (Phi) is 19.2. The Hall–Kier alpha value is -0.617. The molecule has 160 valence electrons. The molecular weight excluding hydrogens is 474 g/mol. The van der Waals surface area contributed by atoms with Crippen LogP contribution in [0.4, 0.5) is 0 Å². The van der Waals surface area contributed by atoms with Crippen molar-refractivity contribution in [2.75, 3.05) is 0 Å². The van der Waals surface area contributed by atoms with Crippen molar-refractivity contribution in [2.24, 2.45) is 0 Å². The topological polar surface area (TPSA) is 0 Å². The maximum Gasteiger partial charge on any atom is -0.0512 e. The second kappa shape index (κ2) is 18.2. The van der Waals surface area contributed by atoms with E-state index in [9.17, 15) is 0 Å². The molecule has 0 N–H and O–H groups in total. The second-order valence-electron chi connectivity index (χ2n) is 6.70. The maximum absolute atomic E-state index is 3.23. The van der Waals surface area contributed by atoms with Crippen molar-refractivity contribution in [3.8, 4) is 0 Å². The average Bonchev–Trinajstić information content (AvgIpc) is 3.38. The Morgan fingerprint density at radius 2 is 1.69 bits per heavy atom. The van der Waals surface area contributed by atoms with E-state index in [-0.39, 0.29) is 32.2 Å². The fourth-order valence-electron chi connectivity index (χ4n) is 3.38. The molecule has 0 fully saturated rings. The molecule has 0 unspecified atom stereocenters. The number of hydrogen-bond acceptors (Lipinski definition) is 0. The molecule has 0 radical (unpaired) electrons. The Labute approximate surface area is 206 Å². The van der Waals surface area contributed by atoms with Gasteiger partial charge in [0.05, 0.1) is 0 Å². The van der Waals surface area contributed by atoms with Crippen molar-refractivity contribution >= 4 is 28.5 Å². The summed E-state index contributed by atoms with van der Waals surface area (Å²) in [4.78, 5) is 0. The zero-order chi connectivity index (χ0) is 18.6. The smallest absolute Gasteiger partial charge is 0.0512 e. The van der Waals surface area contributed by atoms with Gasteiger partial charge in [0.1, 0.15) is 0 Å². The second-order valence-corrected chi connectivity index (χ2v) is 7.41. The number of aryl methyl sites for hydroxylation is 2. The predicted octanol–water partition coefficient (Wildman–Crippen LogP) is 7.83. The summed E-state index contributed by atoms with van der Waals surface area (Å²) >= 11 is 1.46. The standard InChI is InChI=1S/C9H11.C9H13.C7H6.CH3.2ClH.Zr/c1-2-5-9-7-3-6-8(9)4-1;1-3-8-6-5-7-9(8)4-2;1-7-5-3-2-4-6-7;;;;/h3,6-7H,1-2,4-5H2;6H,3-4,7H2,1-2H3;1-6H;1H3;2*1H;/q2*-1;;-1;;;. The zero-order valence-electron chi connectivity index (χ0n) is 18.0. The van der Waals surface area contributed by atoms with Gasteiger partial charge in [0.25, 0.3) is 0 Å². The third kappa shape index (κ3) is 10.8. The Balaban J connectivity index is 0. The van der Waals surface area contributed by atoms with Crippen molar-refractivity contribution in [1.82, 2.24) is 0 Å². The normalized spacial score (nSPS) is 13.1. The van der Waals surface area contributed by atoms with Crippen LogP contribution in [0.3, 0.4) is 0 Å². The molecule has 0 saturated heterocycles. The molecule has 0 aromatic heterocycles. The Morgan fingerprint density at radius 3 is 2.21 bits per heavy atom. The number of halogens is 2. The summed E-state index contributed by atoms with van der Waals surface area (Å²) in [7, 11) is 0. The molecule has 0 aliphatic heterocycles. The number of benzene rings is 1. The molecule has 0 atom stereocenters. The van der Waals surface area contributed by atoms with Crippen molar-refractivity contribution in [1.29, 1.82) is 0 Å². The van der Waals surface area contributed by atoms with E-state index in [2.05, 4.69) is 72.2 Å². The zero-order valence-corrected chi connectivity index (χ0v) is 22.1. The molecule has 29 heavy (non-hydrogen) atoms. The predicted molar refractivity (Wildman–Crippen MR) is 131 cm³/mol. The summed E-state index contributed by atoms with van der Waals surface area (Å²) in [6, 6.07) is 17.0. The van der Waals surface area contributed by atoms with Crippen molar-refractivity contribution in [3.05, 3.63) is 95.9 Å². The van der Waals surface area contributed by atoms with Crippen LogP contribution in [0.25, 0.3) is 0 Å².